The minimum atomic E-state index is -1.33. The Balaban J connectivity index is 1.28. The highest BCUT2D eigenvalue weighted by Crippen LogP contribution is 2.29. The second-order valence-electron chi connectivity index (χ2n) is 8.97. The largest absolute Gasteiger partial charge is 0.381 e. The van der Waals surface area contributed by atoms with Crippen molar-refractivity contribution in [2.24, 2.45) is 5.10 Å². The van der Waals surface area contributed by atoms with Crippen LogP contribution in [0.4, 0.5) is 16.2 Å². The fraction of sp³-hybridized carbons (Fsp3) is 0.269. The van der Waals surface area contributed by atoms with Gasteiger partial charge in [0.1, 0.15) is 23.3 Å². The van der Waals surface area contributed by atoms with Gasteiger partial charge in [-0.15, -0.1) is 0 Å². The van der Waals surface area contributed by atoms with Crippen LogP contribution in [0.3, 0.4) is 0 Å². The van der Waals surface area contributed by atoms with Gasteiger partial charge in [-0.3, -0.25) is 0 Å². The van der Waals surface area contributed by atoms with Crippen molar-refractivity contribution in [3.8, 4) is 0 Å². The van der Waals surface area contributed by atoms with E-state index < -0.39 is 5.60 Å². The first kappa shape index (κ1) is 24.3. The van der Waals surface area contributed by atoms with Crippen molar-refractivity contribution in [1.82, 2.24) is 30.0 Å². The highest BCUT2D eigenvalue weighted by atomic mass is 19.1. The van der Waals surface area contributed by atoms with E-state index in [-0.39, 0.29) is 5.82 Å². The van der Waals surface area contributed by atoms with Crippen LogP contribution in [0.15, 0.2) is 66.9 Å². The van der Waals surface area contributed by atoms with Gasteiger partial charge < -0.3 is 20.3 Å². The van der Waals surface area contributed by atoms with E-state index in [1.54, 1.807) is 55.6 Å². The van der Waals surface area contributed by atoms with Crippen molar-refractivity contribution < 1.29 is 9.50 Å². The lowest BCUT2D eigenvalue weighted by molar-refractivity contribution is 0.101. The summed E-state index contributed by atoms with van der Waals surface area (Å²) in [4.78, 5) is 17.9. The Bertz CT molecular complexity index is 1420. The van der Waals surface area contributed by atoms with Gasteiger partial charge in [-0.1, -0.05) is 18.7 Å². The molecule has 0 aliphatic carbocycles. The molecule has 0 saturated carbocycles. The number of rotatable bonds is 7. The molecule has 0 radical (unpaired) electrons. The molecule has 0 amide bonds. The Morgan fingerprint density at radius 3 is 2.43 bits per heavy atom. The zero-order valence-electron chi connectivity index (χ0n) is 20.7. The summed E-state index contributed by atoms with van der Waals surface area (Å²) in [6.07, 6.45) is 8.39. The summed E-state index contributed by atoms with van der Waals surface area (Å²) in [6.45, 7) is 8.59. The molecule has 4 heterocycles. The van der Waals surface area contributed by atoms with Crippen molar-refractivity contribution >= 4 is 29.1 Å². The lowest BCUT2D eigenvalue weighted by atomic mass is 9.90. The molecule has 11 heteroatoms. The van der Waals surface area contributed by atoms with Gasteiger partial charge in [-0.25, -0.2) is 23.9 Å². The number of allylic oxidation sites excluding steroid dienone is 1. The molecule has 10 nitrogen and oxygen atoms in total. The second-order valence-corrected chi connectivity index (χ2v) is 8.97. The Morgan fingerprint density at radius 1 is 1.08 bits per heavy atom. The van der Waals surface area contributed by atoms with Crippen molar-refractivity contribution in [2.45, 2.75) is 12.5 Å². The Kier molecular flexibility index (Phi) is 6.53. The number of nitrogens with zero attached hydrogens (tertiary/aromatic N) is 8. The number of halogens is 1. The number of hydrogen-bond acceptors (Lipinski definition) is 9. The fourth-order valence-electron chi connectivity index (χ4n) is 4.35. The monoisotopic (exact) mass is 501 g/mol. The molecule has 0 unspecified atom stereocenters. The molecule has 190 valence electrons. The molecule has 0 spiro atoms. The average molecular weight is 502 g/mol. The van der Waals surface area contributed by atoms with Gasteiger partial charge in [0.2, 0.25) is 5.95 Å². The third-order valence-corrected chi connectivity index (χ3v) is 6.57. The van der Waals surface area contributed by atoms with Crippen molar-refractivity contribution in [1.29, 1.82) is 0 Å². The van der Waals surface area contributed by atoms with Crippen molar-refractivity contribution in [3.63, 3.8) is 0 Å². The zero-order chi connectivity index (χ0) is 26.0. The topological polar surface area (TPSA) is 107 Å². The van der Waals surface area contributed by atoms with Crippen LogP contribution in [0.25, 0.3) is 11.1 Å². The lowest BCUT2D eigenvalue weighted by Crippen LogP contribution is -2.47. The number of hydrazone groups is 1. The second kappa shape index (κ2) is 9.94. The number of benzene rings is 1. The molecule has 4 aromatic rings. The van der Waals surface area contributed by atoms with E-state index in [1.807, 2.05) is 12.3 Å². The van der Waals surface area contributed by atoms with Gasteiger partial charge in [0, 0.05) is 62.9 Å². The predicted molar refractivity (Wildman–Crippen MR) is 141 cm³/mol. The van der Waals surface area contributed by atoms with Crippen LogP contribution in [-0.4, -0.2) is 69.1 Å². The van der Waals surface area contributed by atoms with Crippen molar-refractivity contribution in [2.75, 3.05) is 43.0 Å². The van der Waals surface area contributed by atoms with Gasteiger partial charge in [-0.2, -0.15) is 10.2 Å². The molecular formula is C26H28FN9O. The van der Waals surface area contributed by atoms with E-state index in [2.05, 4.69) is 47.0 Å². The van der Waals surface area contributed by atoms with E-state index >= 15 is 0 Å². The normalized spacial score (nSPS) is 15.8. The van der Waals surface area contributed by atoms with Crippen LogP contribution >= 0.6 is 0 Å². The van der Waals surface area contributed by atoms with Gasteiger partial charge in [0.05, 0.1) is 6.21 Å². The Morgan fingerprint density at radius 2 is 1.76 bits per heavy atom. The molecule has 2 N–H and O–H groups in total. The van der Waals surface area contributed by atoms with Gasteiger partial charge in [0.25, 0.3) is 0 Å². The number of anilines is 2. The molecule has 0 bridgehead atoms. The number of piperazine rings is 1. The molecule has 1 saturated heterocycles. The van der Waals surface area contributed by atoms with Crippen LogP contribution in [0, 0.1) is 5.82 Å². The maximum Gasteiger partial charge on any atom is 0.225 e. The van der Waals surface area contributed by atoms with E-state index in [0.717, 1.165) is 35.6 Å². The first-order chi connectivity index (χ1) is 17.9. The predicted octanol–water partition coefficient (Wildman–Crippen LogP) is 2.46. The third kappa shape index (κ3) is 4.85. The van der Waals surface area contributed by atoms with Crippen LogP contribution < -0.4 is 15.2 Å². The SMILES string of the molecule is C=C(/C=N\NC)c1cc2c(N3CCN(c4ncc([C@@](C)(O)c5ccc(F)cc5)cn4)CC3)ncnn2c1. The molecule has 1 aliphatic rings. The van der Waals surface area contributed by atoms with Crippen LogP contribution in [0.5, 0.6) is 0 Å². The maximum absolute atomic E-state index is 13.3. The molecule has 1 aromatic carbocycles. The fourth-order valence-corrected chi connectivity index (χ4v) is 4.35. The molecule has 5 rings (SSSR count). The first-order valence-corrected chi connectivity index (χ1v) is 11.9. The first-order valence-electron chi connectivity index (χ1n) is 11.9. The number of aromatic nitrogens is 5. The number of fused-ring (bicyclic) bond motifs is 1. The molecular weight excluding hydrogens is 473 g/mol. The summed E-state index contributed by atoms with van der Waals surface area (Å²) < 4.78 is 15.1. The van der Waals surface area contributed by atoms with E-state index in [1.165, 1.54) is 12.1 Å². The summed E-state index contributed by atoms with van der Waals surface area (Å²) in [5.74, 6) is 1.09. The summed E-state index contributed by atoms with van der Waals surface area (Å²) >= 11 is 0. The lowest BCUT2D eigenvalue weighted by Gasteiger charge is -2.35. The van der Waals surface area contributed by atoms with E-state index in [9.17, 15) is 9.50 Å². The van der Waals surface area contributed by atoms with Gasteiger partial charge >= 0.3 is 0 Å². The number of hydrogen-bond donors (Lipinski definition) is 2. The highest BCUT2D eigenvalue weighted by Gasteiger charge is 2.28. The van der Waals surface area contributed by atoms with Crippen molar-refractivity contribution in [3.05, 3.63) is 84.3 Å². The quantitative estimate of drug-likeness (QED) is 0.294. The molecule has 1 aliphatic heterocycles. The molecule has 37 heavy (non-hydrogen) atoms. The average Bonchev–Trinajstić information content (AvgIpc) is 3.37. The standard InChI is InChI=1S/C26H28FN9O/c1-18(13-32-28-3)19-12-23-24(31-17-33-36(23)16-19)34-8-10-35(11-9-34)25-29-14-21(15-30-25)26(2,37)20-4-6-22(27)7-5-20/h4-7,12-17,28,37H,1,8-11H2,2-3H3/b32-13-/t26-/m0/s1. The minimum Gasteiger partial charge on any atom is -0.381 e. The minimum absolute atomic E-state index is 0.352. The van der Waals surface area contributed by atoms with Crippen LogP contribution in [0.1, 0.15) is 23.6 Å². The Hall–Kier alpha value is -4.38. The van der Waals surface area contributed by atoms with E-state index in [4.69, 9.17) is 0 Å². The summed E-state index contributed by atoms with van der Waals surface area (Å²) in [6, 6.07) is 7.79. The summed E-state index contributed by atoms with van der Waals surface area (Å²) in [5.41, 5.74) is 5.10. The van der Waals surface area contributed by atoms with Gasteiger partial charge in [0.15, 0.2) is 5.82 Å². The maximum atomic E-state index is 13.3. The number of nitrogens with one attached hydrogen (secondary N) is 1. The molecule has 1 fully saturated rings. The zero-order valence-corrected chi connectivity index (χ0v) is 20.7. The summed E-state index contributed by atoms with van der Waals surface area (Å²) in [7, 11) is 1.74. The molecule has 1 atom stereocenters. The number of aliphatic hydroxyl groups is 1. The smallest absolute Gasteiger partial charge is 0.225 e. The van der Waals surface area contributed by atoms with Crippen LogP contribution in [-0.2, 0) is 5.60 Å². The molecule has 3 aromatic heterocycles. The van der Waals surface area contributed by atoms with Gasteiger partial charge in [-0.05, 0) is 36.3 Å². The summed E-state index contributed by atoms with van der Waals surface area (Å²) in [5, 5.41) is 19.4. The Labute approximate surface area is 213 Å². The highest BCUT2D eigenvalue weighted by molar-refractivity contribution is 6.09. The van der Waals surface area contributed by atoms with Crippen LogP contribution in [0.2, 0.25) is 0 Å². The third-order valence-electron chi connectivity index (χ3n) is 6.57. The van der Waals surface area contributed by atoms with E-state index in [0.29, 0.717) is 30.2 Å².